The first kappa shape index (κ1) is 27.2. The van der Waals surface area contributed by atoms with Gasteiger partial charge in [0.2, 0.25) is 0 Å². The van der Waals surface area contributed by atoms with Crippen molar-refractivity contribution in [2.75, 3.05) is 19.5 Å². The molecule has 184 valence electrons. The Morgan fingerprint density at radius 1 is 0.912 bits per heavy atom. The molecule has 5 nitrogen and oxygen atoms in total. The number of carbonyl (C=O) groups excluding carboxylic acids is 1. The summed E-state index contributed by atoms with van der Waals surface area (Å²) in [5.41, 5.74) is 11.2. The highest BCUT2D eigenvalue weighted by Gasteiger charge is 2.27. The molecule has 0 radical (unpaired) electrons. The van der Waals surface area contributed by atoms with E-state index in [0.29, 0.717) is 36.3 Å². The van der Waals surface area contributed by atoms with Crippen LogP contribution in [0.1, 0.15) is 99.2 Å². The largest absolute Gasteiger partial charge is 0.497 e. The van der Waals surface area contributed by atoms with Crippen molar-refractivity contribution in [2.45, 2.75) is 85.0 Å². The molecule has 0 unspecified atom stereocenters. The van der Waals surface area contributed by atoms with E-state index in [4.69, 9.17) is 15.2 Å². The zero-order chi connectivity index (χ0) is 24.9. The standard InChI is InChI=1S/C29H40N2O3/c1-5-8-9-10-11-12-13-15-24-27(29(32)34-7-3)23(14-6-2)26(25(20-30)28(24)31)21-16-18-22(33-4)19-17-21/h16-19H,5-15,31H2,1-4H3. The fraction of sp³-hybridized carbons (Fsp3) is 0.517. The smallest absolute Gasteiger partial charge is 0.338 e. The number of anilines is 1. The zero-order valence-corrected chi connectivity index (χ0v) is 21.3. The average Bonchev–Trinajstić information content (AvgIpc) is 2.85. The summed E-state index contributed by atoms with van der Waals surface area (Å²) in [6.45, 7) is 6.39. The summed E-state index contributed by atoms with van der Waals surface area (Å²) in [7, 11) is 1.62. The summed E-state index contributed by atoms with van der Waals surface area (Å²) in [6, 6.07) is 9.90. The van der Waals surface area contributed by atoms with Gasteiger partial charge in [-0.15, -0.1) is 0 Å². The number of nitrogens with two attached hydrogens (primary N) is 1. The number of methoxy groups -OCH3 is 1. The molecule has 0 fully saturated rings. The van der Waals surface area contributed by atoms with Gasteiger partial charge >= 0.3 is 5.97 Å². The van der Waals surface area contributed by atoms with E-state index in [1.165, 1.54) is 32.1 Å². The lowest BCUT2D eigenvalue weighted by atomic mass is 9.83. The summed E-state index contributed by atoms with van der Waals surface area (Å²) < 4.78 is 10.8. The number of esters is 1. The number of nitrogens with zero attached hydrogens (tertiary/aromatic N) is 1. The number of nitriles is 1. The molecule has 2 N–H and O–H groups in total. The molecule has 2 aromatic rings. The van der Waals surface area contributed by atoms with Crippen LogP contribution in [0.25, 0.3) is 11.1 Å². The number of unbranched alkanes of at least 4 members (excludes halogenated alkanes) is 6. The summed E-state index contributed by atoms with van der Waals surface area (Å²) >= 11 is 0. The number of nitrogen functional groups attached to an aromatic ring is 1. The van der Waals surface area contributed by atoms with Crippen LogP contribution in [0.4, 0.5) is 5.69 Å². The molecule has 0 bridgehead atoms. The lowest BCUT2D eigenvalue weighted by molar-refractivity contribution is 0.0524. The van der Waals surface area contributed by atoms with E-state index in [9.17, 15) is 10.1 Å². The Hall–Kier alpha value is -3.00. The van der Waals surface area contributed by atoms with Crippen molar-refractivity contribution in [3.63, 3.8) is 0 Å². The van der Waals surface area contributed by atoms with Crippen LogP contribution >= 0.6 is 0 Å². The summed E-state index contributed by atoms with van der Waals surface area (Å²) in [6.07, 6.45) is 10.4. The molecule has 0 amide bonds. The first-order chi connectivity index (χ1) is 16.5. The monoisotopic (exact) mass is 464 g/mol. The van der Waals surface area contributed by atoms with Gasteiger partial charge in [0.25, 0.3) is 0 Å². The van der Waals surface area contributed by atoms with Gasteiger partial charge in [0.05, 0.1) is 30.5 Å². The van der Waals surface area contributed by atoms with E-state index in [0.717, 1.165) is 47.3 Å². The van der Waals surface area contributed by atoms with E-state index in [-0.39, 0.29) is 5.97 Å². The van der Waals surface area contributed by atoms with Crippen molar-refractivity contribution in [1.29, 1.82) is 5.26 Å². The van der Waals surface area contributed by atoms with Crippen molar-refractivity contribution in [3.05, 3.63) is 46.5 Å². The molecule has 0 heterocycles. The van der Waals surface area contributed by atoms with Gasteiger partial charge in [-0.1, -0.05) is 70.9 Å². The van der Waals surface area contributed by atoms with E-state index < -0.39 is 0 Å². The van der Waals surface area contributed by atoms with Gasteiger partial charge in [-0.05, 0) is 55.0 Å². The second kappa shape index (κ2) is 14.3. The molecular formula is C29H40N2O3. The Morgan fingerprint density at radius 2 is 1.56 bits per heavy atom. The Balaban J connectivity index is 2.57. The number of carbonyl (C=O) groups is 1. The highest BCUT2D eigenvalue weighted by atomic mass is 16.5. The molecule has 0 spiro atoms. The average molecular weight is 465 g/mol. The van der Waals surface area contributed by atoms with Crippen LogP contribution in [0.3, 0.4) is 0 Å². The van der Waals surface area contributed by atoms with Gasteiger partial charge in [-0.2, -0.15) is 5.26 Å². The predicted molar refractivity (Wildman–Crippen MR) is 139 cm³/mol. The van der Waals surface area contributed by atoms with Crippen LogP contribution < -0.4 is 10.5 Å². The molecule has 0 saturated heterocycles. The molecule has 34 heavy (non-hydrogen) atoms. The second-order valence-electron chi connectivity index (χ2n) is 8.68. The maximum atomic E-state index is 13.2. The SMILES string of the molecule is CCCCCCCCCc1c(N)c(C#N)c(-c2ccc(OC)cc2)c(CCC)c1C(=O)OCC. The van der Waals surface area contributed by atoms with Crippen LogP contribution in [-0.2, 0) is 17.6 Å². The third-order valence-electron chi connectivity index (χ3n) is 6.25. The Kier molecular flexibility index (Phi) is 11.5. The minimum absolute atomic E-state index is 0.291. The predicted octanol–water partition coefficient (Wildman–Crippen LogP) is 7.24. The summed E-state index contributed by atoms with van der Waals surface area (Å²) in [5.74, 6) is 0.378. The van der Waals surface area contributed by atoms with E-state index in [1.807, 2.05) is 31.2 Å². The molecule has 2 rings (SSSR count). The number of hydrogen-bond donors (Lipinski definition) is 1. The molecule has 0 aromatic heterocycles. The Labute approximate surface area is 205 Å². The van der Waals surface area contributed by atoms with Crippen LogP contribution in [0.5, 0.6) is 5.75 Å². The summed E-state index contributed by atoms with van der Waals surface area (Å²) in [4.78, 5) is 13.2. The first-order valence-electron chi connectivity index (χ1n) is 12.7. The van der Waals surface area contributed by atoms with Crippen molar-refractivity contribution in [3.8, 4) is 22.9 Å². The van der Waals surface area contributed by atoms with Crippen LogP contribution in [0.2, 0.25) is 0 Å². The lowest BCUT2D eigenvalue weighted by Gasteiger charge is -2.22. The molecule has 5 heteroatoms. The van der Waals surface area contributed by atoms with Crippen molar-refractivity contribution in [2.24, 2.45) is 0 Å². The Bertz CT molecular complexity index is 975. The van der Waals surface area contributed by atoms with Crippen molar-refractivity contribution < 1.29 is 14.3 Å². The minimum atomic E-state index is -0.352. The topological polar surface area (TPSA) is 85.3 Å². The maximum absolute atomic E-state index is 13.2. The van der Waals surface area contributed by atoms with Crippen LogP contribution in [0, 0.1) is 11.3 Å². The normalized spacial score (nSPS) is 10.7. The number of ether oxygens (including phenoxy) is 2. The van der Waals surface area contributed by atoms with Crippen LogP contribution in [-0.4, -0.2) is 19.7 Å². The lowest BCUT2D eigenvalue weighted by Crippen LogP contribution is -2.17. The van der Waals surface area contributed by atoms with Crippen molar-refractivity contribution in [1.82, 2.24) is 0 Å². The first-order valence-corrected chi connectivity index (χ1v) is 12.7. The van der Waals surface area contributed by atoms with Gasteiger partial charge < -0.3 is 15.2 Å². The fourth-order valence-electron chi connectivity index (χ4n) is 4.54. The third-order valence-corrected chi connectivity index (χ3v) is 6.25. The molecular weight excluding hydrogens is 424 g/mol. The number of benzene rings is 2. The molecule has 0 aliphatic carbocycles. The molecule has 0 atom stereocenters. The highest BCUT2D eigenvalue weighted by molar-refractivity contribution is 5.99. The fourth-order valence-corrected chi connectivity index (χ4v) is 4.54. The van der Waals surface area contributed by atoms with E-state index in [1.54, 1.807) is 7.11 Å². The third kappa shape index (κ3) is 6.76. The quantitative estimate of drug-likeness (QED) is 0.181. The Morgan fingerprint density at radius 3 is 2.12 bits per heavy atom. The second-order valence-corrected chi connectivity index (χ2v) is 8.68. The number of hydrogen-bond acceptors (Lipinski definition) is 5. The summed E-state index contributed by atoms with van der Waals surface area (Å²) in [5, 5.41) is 10.1. The molecule has 0 aliphatic rings. The van der Waals surface area contributed by atoms with Gasteiger partial charge in [0.15, 0.2) is 0 Å². The van der Waals surface area contributed by atoms with Gasteiger partial charge in [0.1, 0.15) is 11.8 Å². The van der Waals surface area contributed by atoms with E-state index in [2.05, 4.69) is 19.9 Å². The van der Waals surface area contributed by atoms with Gasteiger partial charge in [-0.25, -0.2) is 4.79 Å². The molecule has 0 saturated carbocycles. The van der Waals surface area contributed by atoms with Crippen molar-refractivity contribution >= 4 is 11.7 Å². The zero-order valence-electron chi connectivity index (χ0n) is 21.3. The number of rotatable bonds is 14. The van der Waals surface area contributed by atoms with Gasteiger partial charge in [-0.3, -0.25) is 0 Å². The minimum Gasteiger partial charge on any atom is -0.497 e. The van der Waals surface area contributed by atoms with E-state index >= 15 is 0 Å². The van der Waals surface area contributed by atoms with Gasteiger partial charge in [0, 0.05) is 5.56 Å². The maximum Gasteiger partial charge on any atom is 0.338 e. The van der Waals surface area contributed by atoms with Crippen LogP contribution in [0.15, 0.2) is 24.3 Å². The molecule has 2 aromatic carbocycles. The molecule has 0 aliphatic heterocycles. The highest BCUT2D eigenvalue weighted by Crippen LogP contribution is 2.39.